The molecular formula is C23H21ClN2O4S. The molecule has 0 fully saturated rings. The van der Waals surface area contributed by atoms with Gasteiger partial charge in [0.05, 0.1) is 38.0 Å². The number of halogens is 1. The van der Waals surface area contributed by atoms with E-state index in [2.05, 4.69) is 11.4 Å². The van der Waals surface area contributed by atoms with E-state index >= 15 is 0 Å². The molecule has 0 N–H and O–H groups in total. The van der Waals surface area contributed by atoms with Crippen molar-refractivity contribution in [3.05, 3.63) is 68.9 Å². The van der Waals surface area contributed by atoms with Gasteiger partial charge in [-0.15, -0.1) is 11.3 Å². The summed E-state index contributed by atoms with van der Waals surface area (Å²) in [5.74, 6) is 2.48. The number of thiophene rings is 1. The van der Waals surface area contributed by atoms with Crippen LogP contribution in [0, 0.1) is 0 Å². The predicted octanol–water partition coefficient (Wildman–Crippen LogP) is 5.67. The Morgan fingerprint density at radius 2 is 1.84 bits per heavy atom. The quantitative estimate of drug-likeness (QED) is 0.495. The van der Waals surface area contributed by atoms with Crippen molar-refractivity contribution in [1.29, 1.82) is 0 Å². The molecule has 160 valence electrons. The molecule has 5 rings (SSSR count). The summed E-state index contributed by atoms with van der Waals surface area (Å²) in [5, 5.41) is 9.72. The minimum absolute atomic E-state index is 0.0173. The average molecular weight is 457 g/mol. The summed E-state index contributed by atoms with van der Waals surface area (Å²) < 4.78 is 23.0. The first-order chi connectivity index (χ1) is 15.1. The van der Waals surface area contributed by atoms with E-state index in [0.717, 1.165) is 33.9 Å². The lowest BCUT2D eigenvalue weighted by atomic mass is 9.97. The lowest BCUT2D eigenvalue weighted by Crippen LogP contribution is -2.33. The molecule has 2 aliphatic rings. The highest BCUT2D eigenvalue weighted by atomic mass is 35.5. The number of nitrogens with zero attached hydrogens (tertiary/aromatic N) is 2. The first-order valence-corrected chi connectivity index (χ1v) is 11.0. The van der Waals surface area contributed by atoms with Crippen LogP contribution < -0.4 is 18.9 Å². The van der Waals surface area contributed by atoms with Crippen LogP contribution >= 0.6 is 22.9 Å². The number of fused-ring (bicyclic) bond motifs is 3. The molecular weight excluding hydrogens is 436 g/mol. The second-order valence-corrected chi connectivity index (χ2v) is 8.62. The summed E-state index contributed by atoms with van der Waals surface area (Å²) in [6.07, 6.45) is 0.322. The molecule has 1 aromatic heterocycles. The summed E-state index contributed by atoms with van der Waals surface area (Å²) in [6, 6.07) is 13.7. The third kappa shape index (κ3) is 3.38. The fourth-order valence-electron chi connectivity index (χ4n) is 4.11. The number of benzene rings is 2. The molecule has 3 aromatic rings. The van der Waals surface area contributed by atoms with Gasteiger partial charge in [-0.1, -0.05) is 17.7 Å². The summed E-state index contributed by atoms with van der Waals surface area (Å²) in [5.41, 5.74) is 2.93. The maximum absolute atomic E-state index is 6.44. The standard InChI is InChI=1S/C23H21ClN2O4S/c1-27-19-9-13(10-20(28-2)22(19)29-3)23-26-17(12-16(25-26)21-5-4-8-31-21)15-11-14(24)6-7-18(15)30-23/h4-11,17,23H,12H2,1-3H3/t17-,23-/m0/s1. The zero-order chi connectivity index (χ0) is 21.5. The van der Waals surface area contributed by atoms with Crippen molar-refractivity contribution in [3.63, 3.8) is 0 Å². The van der Waals surface area contributed by atoms with Crippen molar-refractivity contribution >= 4 is 28.6 Å². The van der Waals surface area contributed by atoms with Gasteiger partial charge in [0.25, 0.3) is 0 Å². The Bertz CT molecular complexity index is 1120. The van der Waals surface area contributed by atoms with Gasteiger partial charge in [0.2, 0.25) is 12.0 Å². The fourth-order valence-corrected chi connectivity index (χ4v) is 5.02. The molecule has 31 heavy (non-hydrogen) atoms. The molecule has 2 aromatic carbocycles. The van der Waals surface area contributed by atoms with Crippen molar-refractivity contribution < 1.29 is 18.9 Å². The summed E-state index contributed by atoms with van der Waals surface area (Å²) in [4.78, 5) is 1.15. The maximum Gasteiger partial charge on any atom is 0.214 e. The number of rotatable bonds is 5. The number of ether oxygens (including phenoxy) is 4. The van der Waals surface area contributed by atoms with Crippen molar-refractivity contribution in [2.75, 3.05) is 21.3 Å². The normalized spacial score (nSPS) is 19.2. The highest BCUT2D eigenvalue weighted by molar-refractivity contribution is 7.12. The third-order valence-electron chi connectivity index (χ3n) is 5.53. The summed E-state index contributed by atoms with van der Waals surface area (Å²) >= 11 is 8.00. The van der Waals surface area contributed by atoms with Crippen LogP contribution in [0.1, 0.15) is 34.7 Å². The molecule has 0 amide bonds. The first kappa shape index (κ1) is 20.0. The van der Waals surface area contributed by atoms with Gasteiger partial charge in [-0.25, -0.2) is 5.01 Å². The smallest absolute Gasteiger partial charge is 0.214 e. The second kappa shape index (κ2) is 7.98. The summed E-state index contributed by atoms with van der Waals surface area (Å²) in [7, 11) is 4.79. The maximum atomic E-state index is 6.44. The topological polar surface area (TPSA) is 52.5 Å². The molecule has 0 unspecified atom stereocenters. The van der Waals surface area contributed by atoms with Crippen LogP contribution in [-0.4, -0.2) is 32.0 Å². The van der Waals surface area contributed by atoms with Crippen molar-refractivity contribution in [1.82, 2.24) is 5.01 Å². The van der Waals surface area contributed by atoms with Gasteiger partial charge in [0.1, 0.15) is 5.75 Å². The largest absolute Gasteiger partial charge is 0.493 e. The van der Waals surface area contributed by atoms with Gasteiger partial charge in [-0.05, 0) is 41.8 Å². The Morgan fingerprint density at radius 3 is 2.48 bits per heavy atom. The molecule has 0 saturated heterocycles. The van der Waals surface area contributed by atoms with Gasteiger partial charge in [-0.2, -0.15) is 5.10 Å². The van der Waals surface area contributed by atoms with Gasteiger partial charge in [-0.3, -0.25) is 0 Å². The third-order valence-corrected chi connectivity index (χ3v) is 6.68. The van der Waals surface area contributed by atoms with Crippen LogP contribution in [0.15, 0.2) is 52.9 Å². The first-order valence-electron chi connectivity index (χ1n) is 9.78. The minimum Gasteiger partial charge on any atom is -0.493 e. The molecule has 0 aliphatic carbocycles. The molecule has 3 heterocycles. The molecule has 0 spiro atoms. The number of hydrazone groups is 1. The Balaban J connectivity index is 1.64. The molecule has 2 atom stereocenters. The van der Waals surface area contributed by atoms with Gasteiger partial charge >= 0.3 is 0 Å². The summed E-state index contributed by atoms with van der Waals surface area (Å²) in [6.45, 7) is 0. The van der Waals surface area contributed by atoms with E-state index < -0.39 is 6.23 Å². The van der Waals surface area contributed by atoms with E-state index in [0.29, 0.717) is 22.3 Å². The Hall–Kier alpha value is -2.90. The molecule has 0 radical (unpaired) electrons. The second-order valence-electron chi connectivity index (χ2n) is 7.23. The SMILES string of the molecule is COc1cc([C@@H]2Oc3ccc(Cl)cc3[C@@H]3CC(c4cccs4)=NN32)cc(OC)c1OC. The van der Waals surface area contributed by atoms with Crippen LogP contribution in [0.3, 0.4) is 0 Å². The lowest BCUT2D eigenvalue weighted by Gasteiger charge is -2.38. The van der Waals surface area contributed by atoms with Crippen LogP contribution in [0.2, 0.25) is 5.02 Å². The van der Waals surface area contributed by atoms with Crippen LogP contribution in [-0.2, 0) is 0 Å². The number of hydrogen-bond acceptors (Lipinski definition) is 7. The highest BCUT2D eigenvalue weighted by Gasteiger charge is 2.41. The molecule has 8 heteroatoms. The van der Waals surface area contributed by atoms with Gasteiger partial charge in [0.15, 0.2) is 11.5 Å². The average Bonchev–Trinajstić information content (AvgIpc) is 3.47. The van der Waals surface area contributed by atoms with Gasteiger partial charge in [0, 0.05) is 22.6 Å². The lowest BCUT2D eigenvalue weighted by molar-refractivity contribution is -0.0192. The van der Waals surface area contributed by atoms with E-state index in [1.54, 1.807) is 32.7 Å². The Kier molecular flexibility index (Phi) is 5.16. The van der Waals surface area contributed by atoms with E-state index in [9.17, 15) is 0 Å². The van der Waals surface area contributed by atoms with E-state index in [1.165, 1.54) is 0 Å². The van der Waals surface area contributed by atoms with Crippen molar-refractivity contribution in [2.45, 2.75) is 18.7 Å². The predicted molar refractivity (Wildman–Crippen MR) is 121 cm³/mol. The number of hydrogen-bond donors (Lipinski definition) is 0. The monoisotopic (exact) mass is 456 g/mol. The molecule has 2 aliphatic heterocycles. The molecule has 0 saturated carbocycles. The van der Waals surface area contributed by atoms with Gasteiger partial charge < -0.3 is 18.9 Å². The van der Waals surface area contributed by atoms with Crippen LogP contribution in [0.5, 0.6) is 23.0 Å². The fraction of sp³-hybridized carbons (Fsp3) is 0.261. The highest BCUT2D eigenvalue weighted by Crippen LogP contribution is 2.50. The molecule has 6 nitrogen and oxygen atoms in total. The van der Waals surface area contributed by atoms with E-state index in [-0.39, 0.29) is 6.04 Å². The zero-order valence-electron chi connectivity index (χ0n) is 17.3. The Labute approximate surface area is 189 Å². The molecule has 0 bridgehead atoms. The van der Waals surface area contributed by atoms with Crippen LogP contribution in [0.25, 0.3) is 0 Å². The minimum atomic E-state index is -0.454. The Morgan fingerprint density at radius 1 is 1.06 bits per heavy atom. The van der Waals surface area contributed by atoms with Crippen molar-refractivity contribution in [2.24, 2.45) is 5.10 Å². The van der Waals surface area contributed by atoms with E-state index in [4.69, 9.17) is 35.6 Å². The zero-order valence-corrected chi connectivity index (χ0v) is 18.9. The van der Waals surface area contributed by atoms with E-state index in [1.807, 2.05) is 41.4 Å². The van der Waals surface area contributed by atoms with Crippen LogP contribution in [0.4, 0.5) is 0 Å². The number of methoxy groups -OCH3 is 3. The van der Waals surface area contributed by atoms with Crippen molar-refractivity contribution in [3.8, 4) is 23.0 Å².